The van der Waals surface area contributed by atoms with Gasteiger partial charge in [-0.15, -0.1) is 0 Å². The number of halogens is 4. The fourth-order valence-electron chi connectivity index (χ4n) is 1.44. The minimum Gasteiger partial charge on any atom is -0.455 e. The van der Waals surface area contributed by atoms with Crippen molar-refractivity contribution >= 4 is 5.69 Å². The normalized spacial score (nSPS) is 11.4. The highest BCUT2D eigenvalue weighted by Gasteiger charge is 2.30. The third-order valence-electron chi connectivity index (χ3n) is 2.39. The number of benzene rings is 2. The molecule has 0 atom stereocenters. The molecule has 2 rings (SSSR count). The minimum atomic E-state index is -4.41. The molecule has 0 saturated carbocycles. The van der Waals surface area contributed by atoms with Crippen molar-refractivity contribution in [2.45, 2.75) is 6.18 Å². The Bertz CT molecular complexity index is 578. The lowest BCUT2D eigenvalue weighted by Crippen LogP contribution is -2.04. The number of hydrogen-bond donors (Lipinski definition) is 1. The molecule has 0 unspecified atom stereocenters. The first-order chi connectivity index (χ1) is 8.86. The second kappa shape index (κ2) is 4.79. The van der Waals surface area contributed by atoms with Crippen LogP contribution in [0.4, 0.5) is 23.2 Å². The van der Waals surface area contributed by atoms with Gasteiger partial charge in [0.1, 0.15) is 11.6 Å². The Morgan fingerprint density at radius 2 is 1.58 bits per heavy atom. The summed E-state index contributed by atoms with van der Waals surface area (Å²) in [6, 6.07) is 7.59. The smallest absolute Gasteiger partial charge is 0.416 e. The predicted molar refractivity (Wildman–Crippen MR) is 62.3 cm³/mol. The van der Waals surface area contributed by atoms with E-state index in [0.29, 0.717) is 0 Å². The lowest BCUT2D eigenvalue weighted by molar-refractivity contribution is -0.137. The van der Waals surface area contributed by atoms with Crippen molar-refractivity contribution in [3.63, 3.8) is 0 Å². The number of anilines is 1. The van der Waals surface area contributed by atoms with Crippen LogP contribution in [0.3, 0.4) is 0 Å². The molecule has 0 aliphatic rings. The second-order valence-electron chi connectivity index (χ2n) is 3.81. The van der Waals surface area contributed by atoms with Crippen molar-refractivity contribution in [3.05, 3.63) is 53.8 Å². The van der Waals surface area contributed by atoms with Gasteiger partial charge in [-0.2, -0.15) is 13.2 Å². The van der Waals surface area contributed by atoms with Crippen molar-refractivity contribution in [3.8, 4) is 11.5 Å². The molecule has 0 spiro atoms. The summed E-state index contributed by atoms with van der Waals surface area (Å²) < 4.78 is 55.3. The summed E-state index contributed by atoms with van der Waals surface area (Å²) in [5.74, 6) is -0.346. The van der Waals surface area contributed by atoms with E-state index in [1.807, 2.05) is 0 Å². The van der Waals surface area contributed by atoms with Crippen LogP contribution in [-0.2, 0) is 6.18 Å². The van der Waals surface area contributed by atoms with Gasteiger partial charge in [-0.3, -0.25) is 0 Å². The maximum Gasteiger partial charge on any atom is 0.416 e. The van der Waals surface area contributed by atoms with E-state index in [1.54, 1.807) is 0 Å². The first-order valence-corrected chi connectivity index (χ1v) is 5.26. The summed E-state index contributed by atoms with van der Waals surface area (Å²) in [5.41, 5.74) is 4.98. The summed E-state index contributed by atoms with van der Waals surface area (Å²) in [5, 5.41) is 0. The standard InChI is InChI=1S/C13H9F4NO/c14-9-3-6-11(18)12(7-9)19-10-4-1-8(2-5-10)13(15,16)17/h1-7H,18H2. The molecule has 0 saturated heterocycles. The molecule has 0 aliphatic heterocycles. The molecule has 0 aliphatic carbocycles. The average molecular weight is 271 g/mol. The Morgan fingerprint density at radius 1 is 0.947 bits per heavy atom. The fourth-order valence-corrected chi connectivity index (χ4v) is 1.44. The molecule has 2 aromatic carbocycles. The van der Waals surface area contributed by atoms with E-state index in [4.69, 9.17) is 10.5 Å². The number of nitrogens with two attached hydrogens (primary N) is 1. The van der Waals surface area contributed by atoms with Crippen LogP contribution in [0.1, 0.15) is 5.56 Å². The van der Waals surface area contributed by atoms with E-state index in [9.17, 15) is 17.6 Å². The van der Waals surface area contributed by atoms with E-state index in [2.05, 4.69) is 0 Å². The Morgan fingerprint density at radius 3 is 2.16 bits per heavy atom. The van der Waals surface area contributed by atoms with Gasteiger partial charge < -0.3 is 10.5 Å². The molecule has 0 bridgehead atoms. The van der Waals surface area contributed by atoms with Crippen molar-refractivity contribution in [1.82, 2.24) is 0 Å². The Hall–Kier alpha value is -2.24. The maximum atomic E-state index is 13.0. The summed E-state index contributed by atoms with van der Waals surface area (Å²) >= 11 is 0. The van der Waals surface area contributed by atoms with Gasteiger partial charge in [0, 0.05) is 6.07 Å². The van der Waals surface area contributed by atoms with Gasteiger partial charge >= 0.3 is 6.18 Å². The van der Waals surface area contributed by atoms with Crippen LogP contribution < -0.4 is 10.5 Å². The summed E-state index contributed by atoms with van der Waals surface area (Å²) in [7, 11) is 0. The lowest BCUT2D eigenvalue weighted by atomic mass is 10.2. The first kappa shape index (κ1) is 13.2. The number of rotatable bonds is 2. The van der Waals surface area contributed by atoms with Crippen molar-refractivity contribution in [1.29, 1.82) is 0 Å². The van der Waals surface area contributed by atoms with Crippen molar-refractivity contribution in [2.24, 2.45) is 0 Å². The zero-order valence-corrected chi connectivity index (χ0v) is 9.54. The second-order valence-corrected chi connectivity index (χ2v) is 3.81. The molecular formula is C13H9F4NO. The number of alkyl halides is 3. The molecule has 0 amide bonds. The number of nitrogen functional groups attached to an aromatic ring is 1. The van der Waals surface area contributed by atoms with E-state index in [1.165, 1.54) is 6.07 Å². The SMILES string of the molecule is Nc1ccc(F)cc1Oc1ccc(C(F)(F)F)cc1. The fraction of sp³-hybridized carbons (Fsp3) is 0.0769. The van der Waals surface area contributed by atoms with Crippen LogP contribution in [0.2, 0.25) is 0 Å². The van der Waals surface area contributed by atoms with Crippen molar-refractivity contribution < 1.29 is 22.3 Å². The van der Waals surface area contributed by atoms with Crippen LogP contribution in [0.5, 0.6) is 11.5 Å². The molecule has 19 heavy (non-hydrogen) atoms. The quantitative estimate of drug-likeness (QED) is 0.655. The van der Waals surface area contributed by atoms with Crippen LogP contribution >= 0.6 is 0 Å². The van der Waals surface area contributed by atoms with E-state index in [0.717, 1.165) is 36.4 Å². The third kappa shape index (κ3) is 3.15. The van der Waals surface area contributed by atoms with Gasteiger partial charge in [0.25, 0.3) is 0 Å². The Kier molecular flexibility index (Phi) is 3.33. The molecular weight excluding hydrogens is 262 g/mol. The monoisotopic (exact) mass is 271 g/mol. The van der Waals surface area contributed by atoms with E-state index >= 15 is 0 Å². The first-order valence-electron chi connectivity index (χ1n) is 5.26. The van der Waals surface area contributed by atoms with E-state index < -0.39 is 17.6 Å². The zero-order valence-electron chi connectivity index (χ0n) is 9.54. The molecule has 2 aromatic rings. The highest BCUT2D eigenvalue weighted by atomic mass is 19.4. The average Bonchev–Trinajstić information content (AvgIpc) is 2.33. The molecule has 0 radical (unpaired) electrons. The molecule has 0 fully saturated rings. The van der Waals surface area contributed by atoms with Crippen LogP contribution in [0.25, 0.3) is 0 Å². The summed E-state index contributed by atoms with van der Waals surface area (Å²) in [4.78, 5) is 0. The highest BCUT2D eigenvalue weighted by Crippen LogP contribution is 2.32. The molecule has 2 nitrogen and oxygen atoms in total. The molecule has 0 heterocycles. The summed E-state index contributed by atoms with van der Waals surface area (Å²) in [6.07, 6.45) is -4.41. The van der Waals surface area contributed by atoms with Crippen LogP contribution in [0, 0.1) is 5.82 Å². The Labute approximate surface area is 106 Å². The minimum absolute atomic E-state index is 0.0553. The topological polar surface area (TPSA) is 35.2 Å². The van der Waals surface area contributed by atoms with Crippen LogP contribution in [-0.4, -0.2) is 0 Å². The van der Waals surface area contributed by atoms with Crippen LogP contribution in [0.15, 0.2) is 42.5 Å². The highest BCUT2D eigenvalue weighted by molar-refractivity contribution is 5.53. The third-order valence-corrected chi connectivity index (χ3v) is 2.39. The molecule has 0 aromatic heterocycles. The molecule has 2 N–H and O–H groups in total. The lowest BCUT2D eigenvalue weighted by Gasteiger charge is -2.10. The van der Waals surface area contributed by atoms with Gasteiger partial charge in [0.05, 0.1) is 11.3 Å². The van der Waals surface area contributed by atoms with Gasteiger partial charge in [-0.05, 0) is 36.4 Å². The molecule has 6 heteroatoms. The predicted octanol–water partition coefficient (Wildman–Crippen LogP) is 4.22. The number of hydrogen-bond acceptors (Lipinski definition) is 2. The van der Waals surface area contributed by atoms with Gasteiger partial charge in [-0.1, -0.05) is 0 Å². The Balaban J connectivity index is 2.22. The van der Waals surface area contributed by atoms with Gasteiger partial charge in [0.15, 0.2) is 5.75 Å². The largest absolute Gasteiger partial charge is 0.455 e. The maximum absolute atomic E-state index is 13.0. The van der Waals surface area contributed by atoms with E-state index in [-0.39, 0.29) is 17.2 Å². The molecule has 100 valence electrons. The zero-order chi connectivity index (χ0) is 14.0. The van der Waals surface area contributed by atoms with Crippen molar-refractivity contribution in [2.75, 3.05) is 5.73 Å². The van der Waals surface area contributed by atoms with Gasteiger partial charge in [-0.25, -0.2) is 4.39 Å². The van der Waals surface area contributed by atoms with Gasteiger partial charge in [0.2, 0.25) is 0 Å². The summed E-state index contributed by atoms with van der Waals surface area (Å²) in [6.45, 7) is 0. The number of ether oxygens (including phenoxy) is 1.